The normalized spacial score (nSPS) is 11.5. The fourth-order valence-corrected chi connectivity index (χ4v) is 1.43. The van der Waals surface area contributed by atoms with Crippen molar-refractivity contribution >= 4 is 17.2 Å². The molecule has 0 atom stereocenters. The molecule has 0 heterocycles. The first-order valence-electron chi connectivity index (χ1n) is 4.16. The maximum absolute atomic E-state index is 5.98. The Morgan fingerprint density at radius 2 is 2.15 bits per heavy atom. The van der Waals surface area contributed by atoms with Gasteiger partial charge in [0, 0.05) is 5.56 Å². The Kier molecular flexibility index (Phi) is 3.38. The second-order valence-corrected chi connectivity index (χ2v) is 3.20. The number of hydrogen-bond acceptors (Lipinski definition) is 1. The molecule has 0 bridgehead atoms. The van der Waals surface area contributed by atoms with E-state index in [1.165, 1.54) is 5.57 Å². The summed E-state index contributed by atoms with van der Waals surface area (Å²) >= 11 is 5.98. The van der Waals surface area contributed by atoms with Gasteiger partial charge >= 0.3 is 0 Å². The minimum atomic E-state index is 0.654. The summed E-state index contributed by atoms with van der Waals surface area (Å²) in [5, 5.41) is 0.654. The van der Waals surface area contributed by atoms with Gasteiger partial charge in [0.15, 0.2) is 0 Å². The summed E-state index contributed by atoms with van der Waals surface area (Å²) in [7, 11) is 1.63. The van der Waals surface area contributed by atoms with Crippen molar-refractivity contribution in [2.75, 3.05) is 7.11 Å². The monoisotopic (exact) mass is 196 g/mol. The largest absolute Gasteiger partial charge is 0.495 e. The SMILES string of the molecule is CC=C(C)c1cccc(Cl)c1OC. The van der Waals surface area contributed by atoms with Gasteiger partial charge in [0.25, 0.3) is 0 Å². The third kappa shape index (κ3) is 2.04. The molecule has 0 aliphatic carbocycles. The molecule has 0 amide bonds. The lowest BCUT2D eigenvalue weighted by molar-refractivity contribution is 0.413. The minimum absolute atomic E-state index is 0.654. The van der Waals surface area contributed by atoms with Gasteiger partial charge in [0.1, 0.15) is 5.75 Å². The molecule has 0 saturated carbocycles. The molecule has 2 heteroatoms. The number of halogens is 1. The van der Waals surface area contributed by atoms with Crippen LogP contribution in [0.25, 0.3) is 5.57 Å². The zero-order valence-electron chi connectivity index (χ0n) is 8.10. The standard InChI is InChI=1S/C11H13ClO/c1-4-8(2)9-6-5-7-10(12)11(9)13-3/h4-7H,1-3H3. The molecule has 1 aromatic rings. The van der Waals surface area contributed by atoms with E-state index in [1.54, 1.807) is 7.11 Å². The van der Waals surface area contributed by atoms with Crippen molar-refractivity contribution in [3.8, 4) is 5.75 Å². The van der Waals surface area contributed by atoms with Crippen LogP contribution < -0.4 is 4.74 Å². The van der Waals surface area contributed by atoms with Gasteiger partial charge in [-0.25, -0.2) is 0 Å². The van der Waals surface area contributed by atoms with E-state index < -0.39 is 0 Å². The fraction of sp³-hybridized carbons (Fsp3) is 0.273. The average molecular weight is 197 g/mol. The number of allylic oxidation sites excluding steroid dienone is 2. The summed E-state index contributed by atoms with van der Waals surface area (Å²) in [4.78, 5) is 0. The number of para-hydroxylation sites is 1. The molecule has 0 fully saturated rings. The quantitative estimate of drug-likeness (QED) is 0.700. The van der Waals surface area contributed by atoms with Crippen molar-refractivity contribution in [2.45, 2.75) is 13.8 Å². The highest BCUT2D eigenvalue weighted by Gasteiger charge is 2.07. The van der Waals surface area contributed by atoms with Gasteiger partial charge in [0.05, 0.1) is 12.1 Å². The van der Waals surface area contributed by atoms with Gasteiger partial charge in [-0.1, -0.05) is 29.8 Å². The second kappa shape index (κ2) is 4.33. The van der Waals surface area contributed by atoms with Crippen molar-refractivity contribution in [3.63, 3.8) is 0 Å². The van der Waals surface area contributed by atoms with Crippen LogP contribution in [0.3, 0.4) is 0 Å². The van der Waals surface area contributed by atoms with Crippen LogP contribution in [0.2, 0.25) is 5.02 Å². The maximum atomic E-state index is 5.98. The Hall–Kier alpha value is -0.950. The molecule has 0 saturated heterocycles. The Morgan fingerprint density at radius 1 is 1.46 bits per heavy atom. The first-order valence-corrected chi connectivity index (χ1v) is 4.54. The van der Waals surface area contributed by atoms with Gasteiger partial charge in [-0.15, -0.1) is 0 Å². The number of hydrogen-bond donors (Lipinski definition) is 0. The first kappa shape index (κ1) is 10.1. The van der Waals surface area contributed by atoms with E-state index in [1.807, 2.05) is 38.1 Å². The van der Waals surface area contributed by atoms with Crippen molar-refractivity contribution in [1.82, 2.24) is 0 Å². The van der Waals surface area contributed by atoms with E-state index in [9.17, 15) is 0 Å². The molecule has 1 aromatic carbocycles. The van der Waals surface area contributed by atoms with Crippen LogP contribution in [0.15, 0.2) is 24.3 Å². The molecule has 0 unspecified atom stereocenters. The minimum Gasteiger partial charge on any atom is -0.495 e. The molecule has 0 aromatic heterocycles. The molecule has 1 rings (SSSR count). The fourth-order valence-electron chi connectivity index (χ4n) is 1.18. The summed E-state index contributed by atoms with van der Waals surface area (Å²) in [6.07, 6.45) is 2.04. The number of methoxy groups -OCH3 is 1. The van der Waals surface area contributed by atoms with E-state index in [4.69, 9.17) is 16.3 Å². The predicted octanol–water partition coefficient (Wildman–Crippen LogP) is 3.77. The van der Waals surface area contributed by atoms with Crippen molar-refractivity contribution in [1.29, 1.82) is 0 Å². The third-order valence-corrected chi connectivity index (χ3v) is 2.33. The molecular weight excluding hydrogens is 184 g/mol. The van der Waals surface area contributed by atoms with Gasteiger partial charge in [-0.05, 0) is 25.5 Å². The highest BCUT2D eigenvalue weighted by molar-refractivity contribution is 6.32. The molecule has 0 aliphatic heterocycles. The van der Waals surface area contributed by atoms with Crippen molar-refractivity contribution < 1.29 is 4.74 Å². The van der Waals surface area contributed by atoms with E-state index in [0.29, 0.717) is 5.02 Å². The number of benzene rings is 1. The Labute approximate surface area is 84.0 Å². The van der Waals surface area contributed by atoms with Crippen LogP contribution >= 0.6 is 11.6 Å². The lowest BCUT2D eigenvalue weighted by Crippen LogP contribution is -1.90. The zero-order chi connectivity index (χ0) is 9.84. The molecule has 0 aliphatic rings. The molecule has 13 heavy (non-hydrogen) atoms. The van der Waals surface area contributed by atoms with E-state index in [-0.39, 0.29) is 0 Å². The van der Waals surface area contributed by atoms with Crippen molar-refractivity contribution in [3.05, 3.63) is 34.9 Å². The third-order valence-electron chi connectivity index (χ3n) is 2.03. The highest BCUT2D eigenvalue weighted by atomic mass is 35.5. The highest BCUT2D eigenvalue weighted by Crippen LogP contribution is 2.32. The lowest BCUT2D eigenvalue weighted by Gasteiger charge is -2.09. The molecule has 0 spiro atoms. The summed E-state index contributed by atoms with van der Waals surface area (Å²) < 4.78 is 5.23. The summed E-state index contributed by atoms with van der Waals surface area (Å²) in [5.74, 6) is 0.750. The topological polar surface area (TPSA) is 9.23 Å². The summed E-state index contributed by atoms with van der Waals surface area (Å²) in [6, 6.07) is 5.75. The van der Waals surface area contributed by atoms with E-state index in [2.05, 4.69) is 0 Å². The molecule has 0 N–H and O–H groups in total. The Morgan fingerprint density at radius 3 is 2.69 bits per heavy atom. The maximum Gasteiger partial charge on any atom is 0.144 e. The van der Waals surface area contributed by atoms with Crippen LogP contribution in [0, 0.1) is 0 Å². The van der Waals surface area contributed by atoms with Crippen LogP contribution in [0.4, 0.5) is 0 Å². The van der Waals surface area contributed by atoms with Crippen LogP contribution in [0.1, 0.15) is 19.4 Å². The molecular formula is C11H13ClO. The number of rotatable bonds is 2. The van der Waals surface area contributed by atoms with E-state index in [0.717, 1.165) is 11.3 Å². The Bertz CT molecular complexity index is 329. The summed E-state index contributed by atoms with van der Waals surface area (Å²) in [6.45, 7) is 4.03. The average Bonchev–Trinajstić information content (AvgIpc) is 2.16. The molecule has 1 nitrogen and oxygen atoms in total. The predicted molar refractivity (Wildman–Crippen MR) is 57.3 cm³/mol. The summed E-state index contributed by atoms with van der Waals surface area (Å²) in [5.41, 5.74) is 2.22. The lowest BCUT2D eigenvalue weighted by atomic mass is 10.1. The van der Waals surface area contributed by atoms with Crippen LogP contribution in [-0.2, 0) is 0 Å². The van der Waals surface area contributed by atoms with Gasteiger partial charge in [-0.3, -0.25) is 0 Å². The van der Waals surface area contributed by atoms with Crippen LogP contribution in [-0.4, -0.2) is 7.11 Å². The zero-order valence-corrected chi connectivity index (χ0v) is 8.85. The first-order chi connectivity index (χ1) is 6.20. The Balaban J connectivity index is 3.28. The smallest absolute Gasteiger partial charge is 0.144 e. The van der Waals surface area contributed by atoms with Crippen LogP contribution in [0.5, 0.6) is 5.75 Å². The van der Waals surface area contributed by atoms with E-state index >= 15 is 0 Å². The van der Waals surface area contributed by atoms with Gasteiger partial charge < -0.3 is 4.74 Å². The molecule has 70 valence electrons. The molecule has 0 radical (unpaired) electrons. The van der Waals surface area contributed by atoms with Gasteiger partial charge in [-0.2, -0.15) is 0 Å². The van der Waals surface area contributed by atoms with Gasteiger partial charge in [0.2, 0.25) is 0 Å². The number of ether oxygens (including phenoxy) is 1. The second-order valence-electron chi connectivity index (χ2n) is 2.79. The van der Waals surface area contributed by atoms with Crippen molar-refractivity contribution in [2.24, 2.45) is 0 Å².